The molecule has 0 fully saturated rings. The largest absolute Gasteiger partial charge is 0.491 e. The second-order valence-electron chi connectivity index (χ2n) is 9.00. The molecule has 8 heteroatoms. The Hall–Kier alpha value is -3.39. The molecule has 0 saturated heterocycles. The molecule has 0 aliphatic heterocycles. The molecule has 0 amide bonds. The number of benzene rings is 3. The molecule has 4 rings (SSSR count). The highest BCUT2D eigenvalue weighted by Gasteiger charge is 2.23. The normalized spacial score (nSPS) is 16.3. The van der Waals surface area contributed by atoms with Gasteiger partial charge in [0, 0.05) is 16.7 Å². The molecule has 1 N–H and O–H groups in total. The summed E-state index contributed by atoms with van der Waals surface area (Å²) in [7, 11) is 0. The van der Waals surface area contributed by atoms with E-state index in [0.717, 1.165) is 6.07 Å². The number of aliphatic hydroxyl groups excluding tert-OH is 1. The fourth-order valence-corrected chi connectivity index (χ4v) is 4.43. The number of halogens is 5. The number of hydrogen-bond acceptors (Lipinski definition) is 3. The maximum Gasteiger partial charge on any atom is 0.201 e. The molecule has 37 heavy (non-hydrogen) atoms. The predicted octanol–water partition coefficient (Wildman–Crippen LogP) is 7.76. The first-order valence-corrected chi connectivity index (χ1v) is 12.1. The van der Waals surface area contributed by atoms with Gasteiger partial charge in [-0.25, -0.2) is 17.6 Å². The van der Waals surface area contributed by atoms with Crippen LogP contribution < -0.4 is 9.47 Å². The van der Waals surface area contributed by atoms with Crippen molar-refractivity contribution in [2.45, 2.75) is 39.2 Å². The van der Waals surface area contributed by atoms with Gasteiger partial charge in [-0.3, -0.25) is 0 Å². The lowest BCUT2D eigenvalue weighted by Crippen LogP contribution is -2.15. The number of allylic oxidation sites excluding steroid dienone is 2. The molecule has 0 heterocycles. The van der Waals surface area contributed by atoms with Crippen LogP contribution in [0.25, 0.3) is 16.7 Å². The molecule has 3 aromatic rings. The van der Waals surface area contributed by atoms with Gasteiger partial charge in [0.1, 0.15) is 0 Å². The Bertz CT molecular complexity index is 1320. The van der Waals surface area contributed by atoms with Crippen LogP contribution in [-0.4, -0.2) is 18.3 Å². The van der Waals surface area contributed by atoms with Gasteiger partial charge >= 0.3 is 0 Å². The van der Waals surface area contributed by atoms with Crippen LogP contribution in [0.5, 0.6) is 11.5 Å². The van der Waals surface area contributed by atoms with Gasteiger partial charge in [-0.05, 0) is 74.4 Å². The van der Waals surface area contributed by atoms with Crippen LogP contribution in [0, 0.1) is 35.0 Å². The number of aliphatic hydroxyl groups is 1. The quantitative estimate of drug-likeness (QED) is 0.310. The van der Waals surface area contributed by atoms with Gasteiger partial charge in [-0.15, -0.1) is 0 Å². The van der Waals surface area contributed by atoms with E-state index in [2.05, 4.69) is 0 Å². The molecular formula is C29H27F5O3. The molecular weight excluding hydrogens is 491 g/mol. The van der Waals surface area contributed by atoms with Crippen molar-refractivity contribution in [3.05, 3.63) is 88.8 Å². The van der Waals surface area contributed by atoms with Gasteiger partial charge in [0.2, 0.25) is 5.82 Å². The first kappa shape index (κ1) is 26.7. The summed E-state index contributed by atoms with van der Waals surface area (Å²) in [5, 5.41) is 9.56. The van der Waals surface area contributed by atoms with E-state index in [4.69, 9.17) is 9.47 Å². The minimum Gasteiger partial charge on any atom is -0.491 e. The molecule has 0 spiro atoms. The molecule has 3 nitrogen and oxygen atoms in total. The third-order valence-corrected chi connectivity index (χ3v) is 6.49. The topological polar surface area (TPSA) is 38.7 Å². The third-order valence-electron chi connectivity index (χ3n) is 6.49. The third kappa shape index (κ3) is 5.64. The molecule has 0 radical (unpaired) electrons. The Morgan fingerprint density at radius 1 is 0.865 bits per heavy atom. The van der Waals surface area contributed by atoms with Crippen LogP contribution >= 0.6 is 0 Å². The molecule has 196 valence electrons. The molecule has 0 bridgehead atoms. The van der Waals surface area contributed by atoms with Crippen LogP contribution in [0.1, 0.15) is 50.3 Å². The zero-order valence-electron chi connectivity index (χ0n) is 20.5. The van der Waals surface area contributed by atoms with E-state index >= 15 is 0 Å². The molecule has 0 saturated carbocycles. The minimum absolute atomic E-state index is 0.0211. The highest BCUT2D eigenvalue weighted by molar-refractivity contribution is 5.68. The Morgan fingerprint density at radius 2 is 1.57 bits per heavy atom. The van der Waals surface area contributed by atoms with E-state index in [1.165, 1.54) is 43.3 Å². The van der Waals surface area contributed by atoms with E-state index in [9.17, 15) is 27.1 Å². The Balaban J connectivity index is 1.41. The summed E-state index contributed by atoms with van der Waals surface area (Å²) in [5.74, 6) is -5.20. The maximum atomic E-state index is 14.7. The van der Waals surface area contributed by atoms with Gasteiger partial charge in [-0.2, -0.15) is 4.39 Å². The highest BCUT2D eigenvalue weighted by Crippen LogP contribution is 2.35. The van der Waals surface area contributed by atoms with Crippen molar-refractivity contribution in [1.82, 2.24) is 0 Å². The van der Waals surface area contributed by atoms with Crippen LogP contribution in [0.3, 0.4) is 0 Å². The van der Waals surface area contributed by atoms with E-state index in [1.807, 2.05) is 6.08 Å². The summed E-state index contributed by atoms with van der Waals surface area (Å²) in [5.41, 5.74) is 0.810. The summed E-state index contributed by atoms with van der Waals surface area (Å²) in [6.07, 6.45) is 2.36. The van der Waals surface area contributed by atoms with Crippen molar-refractivity contribution in [2.24, 2.45) is 5.92 Å². The summed E-state index contributed by atoms with van der Waals surface area (Å²) in [4.78, 5) is 0. The Labute approximate surface area is 212 Å². The second kappa shape index (κ2) is 11.3. The molecule has 3 aromatic carbocycles. The van der Waals surface area contributed by atoms with Gasteiger partial charge < -0.3 is 14.6 Å². The molecule has 1 aliphatic carbocycles. The first-order chi connectivity index (χ1) is 17.7. The standard InChI is InChI=1S/C29H27F5O3/c1-3-36-25-13-11-22(28(33)29(25)34)19-8-12-24(23(30)14-19)37-15-17-4-6-18(7-5-17)21-10-9-20(16(2)35)26(31)27(21)32/h6,8-14,16-17,35H,3-5,7,15H2,1-2H3. The number of rotatable bonds is 8. The lowest BCUT2D eigenvalue weighted by molar-refractivity contribution is 0.192. The minimum atomic E-state index is -1.13. The molecule has 2 unspecified atom stereocenters. The summed E-state index contributed by atoms with van der Waals surface area (Å²) in [6, 6.07) is 9.38. The van der Waals surface area contributed by atoms with Gasteiger partial charge in [-0.1, -0.05) is 24.3 Å². The molecule has 1 aliphatic rings. The lowest BCUT2D eigenvalue weighted by atomic mass is 9.86. The first-order valence-electron chi connectivity index (χ1n) is 12.1. The van der Waals surface area contributed by atoms with Crippen LogP contribution in [0.2, 0.25) is 0 Å². The van der Waals surface area contributed by atoms with E-state index < -0.39 is 35.2 Å². The highest BCUT2D eigenvalue weighted by atomic mass is 19.2. The SMILES string of the molecule is CCOc1ccc(-c2ccc(OCC3CC=C(c4ccc(C(C)O)c(F)c4F)CC3)c(F)c2)c(F)c1F. The van der Waals surface area contributed by atoms with Gasteiger partial charge in [0.15, 0.2) is 34.8 Å². The fourth-order valence-electron chi connectivity index (χ4n) is 4.43. The van der Waals surface area contributed by atoms with Crippen LogP contribution in [0.15, 0.2) is 48.5 Å². The van der Waals surface area contributed by atoms with E-state index in [1.54, 1.807) is 6.92 Å². The maximum absolute atomic E-state index is 14.7. The lowest BCUT2D eigenvalue weighted by Gasteiger charge is -2.23. The fraction of sp³-hybridized carbons (Fsp3) is 0.310. The van der Waals surface area contributed by atoms with Crippen molar-refractivity contribution in [3.63, 3.8) is 0 Å². The second-order valence-corrected chi connectivity index (χ2v) is 9.00. The number of hydrogen-bond donors (Lipinski definition) is 1. The number of ether oxygens (including phenoxy) is 2. The zero-order valence-corrected chi connectivity index (χ0v) is 20.5. The van der Waals surface area contributed by atoms with Crippen molar-refractivity contribution in [1.29, 1.82) is 0 Å². The Kier molecular flexibility index (Phi) is 8.17. The van der Waals surface area contributed by atoms with Crippen molar-refractivity contribution >= 4 is 5.57 Å². The van der Waals surface area contributed by atoms with Crippen LogP contribution in [0.4, 0.5) is 22.0 Å². The smallest absolute Gasteiger partial charge is 0.201 e. The van der Waals surface area contributed by atoms with Gasteiger partial charge in [0.05, 0.1) is 19.3 Å². The monoisotopic (exact) mass is 518 g/mol. The van der Waals surface area contributed by atoms with Crippen LogP contribution in [-0.2, 0) is 0 Å². The van der Waals surface area contributed by atoms with E-state index in [0.29, 0.717) is 24.8 Å². The average molecular weight is 519 g/mol. The predicted molar refractivity (Wildman–Crippen MR) is 131 cm³/mol. The van der Waals surface area contributed by atoms with Gasteiger partial charge in [0.25, 0.3) is 0 Å². The van der Waals surface area contributed by atoms with E-state index in [-0.39, 0.29) is 52.9 Å². The van der Waals surface area contributed by atoms with Crippen molar-refractivity contribution in [2.75, 3.05) is 13.2 Å². The summed E-state index contributed by atoms with van der Waals surface area (Å²) in [6.45, 7) is 3.40. The Morgan fingerprint density at radius 3 is 2.22 bits per heavy atom. The molecule has 2 atom stereocenters. The zero-order chi connectivity index (χ0) is 26.7. The van der Waals surface area contributed by atoms with Crippen molar-refractivity contribution in [3.8, 4) is 22.6 Å². The average Bonchev–Trinajstić information content (AvgIpc) is 2.88. The molecule has 0 aromatic heterocycles. The van der Waals surface area contributed by atoms with Crippen molar-refractivity contribution < 1.29 is 36.5 Å². The summed E-state index contributed by atoms with van der Waals surface area (Å²) >= 11 is 0. The summed E-state index contributed by atoms with van der Waals surface area (Å²) < 4.78 is 82.9.